The zero-order valence-corrected chi connectivity index (χ0v) is 14.2. The van der Waals surface area contributed by atoms with Crippen molar-refractivity contribution in [2.75, 3.05) is 26.9 Å². The van der Waals surface area contributed by atoms with Crippen LogP contribution in [0.25, 0.3) is 22.2 Å². The normalized spacial score (nSPS) is 10.7. The lowest BCUT2D eigenvalue weighted by Gasteiger charge is -2.06. The molecular weight excluding hydrogens is 336 g/mol. The van der Waals surface area contributed by atoms with Crippen LogP contribution in [0.4, 0.5) is 0 Å². The first-order chi connectivity index (χ1) is 12.7. The van der Waals surface area contributed by atoms with Crippen molar-refractivity contribution < 1.29 is 23.6 Å². The van der Waals surface area contributed by atoms with Gasteiger partial charge < -0.3 is 19.3 Å². The molecule has 0 radical (unpaired) electrons. The molecule has 1 amide bonds. The number of esters is 1. The molecule has 0 saturated heterocycles. The molecule has 0 bridgehead atoms. The number of nitrogens with zero attached hydrogens (tertiary/aromatic N) is 1. The van der Waals surface area contributed by atoms with E-state index in [0.717, 1.165) is 5.56 Å². The van der Waals surface area contributed by atoms with E-state index in [1.165, 1.54) is 7.11 Å². The Hall–Kier alpha value is -3.19. The van der Waals surface area contributed by atoms with Crippen molar-refractivity contribution in [1.29, 1.82) is 0 Å². The lowest BCUT2D eigenvalue weighted by Crippen LogP contribution is -2.31. The number of aromatic nitrogens is 1. The molecule has 1 aromatic heterocycles. The topological polar surface area (TPSA) is 90.7 Å². The fraction of sp³-hybridized carbons (Fsp3) is 0.211. The third-order valence-corrected chi connectivity index (χ3v) is 3.71. The summed E-state index contributed by atoms with van der Waals surface area (Å²) in [5.41, 5.74) is 1.82. The lowest BCUT2D eigenvalue weighted by molar-refractivity contribution is -0.124. The van der Waals surface area contributed by atoms with Crippen LogP contribution >= 0.6 is 0 Å². The summed E-state index contributed by atoms with van der Waals surface area (Å²) in [6.07, 6.45) is 0. The van der Waals surface area contributed by atoms with Crippen molar-refractivity contribution in [3.05, 3.63) is 54.1 Å². The van der Waals surface area contributed by atoms with Crippen molar-refractivity contribution in [2.45, 2.75) is 0 Å². The molecular formula is C19H18N2O5. The number of rotatable bonds is 7. The SMILES string of the molecule is COCCNC(=O)COC(=O)c1ccc2noc(-c3ccccc3)c2c1. The smallest absolute Gasteiger partial charge is 0.338 e. The van der Waals surface area contributed by atoms with Crippen LogP contribution in [-0.2, 0) is 14.3 Å². The molecule has 7 nitrogen and oxygen atoms in total. The van der Waals surface area contributed by atoms with Gasteiger partial charge in [-0.2, -0.15) is 0 Å². The molecule has 3 aromatic rings. The third-order valence-electron chi connectivity index (χ3n) is 3.71. The van der Waals surface area contributed by atoms with E-state index in [2.05, 4.69) is 10.5 Å². The van der Waals surface area contributed by atoms with Gasteiger partial charge in [0.1, 0.15) is 5.52 Å². The molecule has 1 N–H and O–H groups in total. The van der Waals surface area contributed by atoms with Crippen molar-refractivity contribution in [2.24, 2.45) is 0 Å². The summed E-state index contributed by atoms with van der Waals surface area (Å²) in [6, 6.07) is 14.4. The standard InChI is InChI=1S/C19H18N2O5/c1-24-10-9-20-17(22)12-25-19(23)14-7-8-16-15(11-14)18(26-21-16)13-5-3-2-4-6-13/h2-8,11H,9-10,12H2,1H3,(H,20,22). The van der Waals surface area contributed by atoms with Crippen LogP contribution in [0.2, 0.25) is 0 Å². The summed E-state index contributed by atoms with van der Waals surface area (Å²) < 4.78 is 15.3. The Morgan fingerprint density at radius 1 is 1.15 bits per heavy atom. The van der Waals surface area contributed by atoms with E-state index in [9.17, 15) is 9.59 Å². The number of carbonyl (C=O) groups excluding carboxylic acids is 2. The largest absolute Gasteiger partial charge is 0.452 e. The number of amides is 1. The van der Waals surface area contributed by atoms with Crippen molar-refractivity contribution in [1.82, 2.24) is 10.5 Å². The average Bonchev–Trinajstić information content (AvgIpc) is 3.10. The Labute approximate surface area is 149 Å². The van der Waals surface area contributed by atoms with E-state index in [0.29, 0.717) is 35.4 Å². The van der Waals surface area contributed by atoms with Gasteiger partial charge in [-0.05, 0) is 18.2 Å². The first-order valence-electron chi connectivity index (χ1n) is 8.06. The molecule has 0 aliphatic heterocycles. The summed E-state index contributed by atoms with van der Waals surface area (Å²) in [5.74, 6) is -0.395. The highest BCUT2D eigenvalue weighted by molar-refractivity contribution is 5.99. The van der Waals surface area contributed by atoms with Gasteiger partial charge in [-0.3, -0.25) is 4.79 Å². The molecule has 0 spiro atoms. The highest BCUT2D eigenvalue weighted by atomic mass is 16.5. The zero-order chi connectivity index (χ0) is 18.4. The summed E-state index contributed by atoms with van der Waals surface area (Å²) in [7, 11) is 1.54. The van der Waals surface area contributed by atoms with Gasteiger partial charge >= 0.3 is 5.97 Å². The number of nitrogens with one attached hydrogen (secondary N) is 1. The van der Waals surface area contributed by atoms with Crippen molar-refractivity contribution in [3.63, 3.8) is 0 Å². The van der Waals surface area contributed by atoms with Gasteiger partial charge in [-0.15, -0.1) is 0 Å². The van der Waals surface area contributed by atoms with Crippen LogP contribution in [0.3, 0.4) is 0 Å². The van der Waals surface area contributed by atoms with E-state index >= 15 is 0 Å². The first-order valence-corrected chi connectivity index (χ1v) is 8.06. The number of benzene rings is 2. The zero-order valence-electron chi connectivity index (χ0n) is 14.2. The fourth-order valence-electron chi connectivity index (χ4n) is 2.42. The van der Waals surface area contributed by atoms with Crippen LogP contribution in [0, 0.1) is 0 Å². The molecule has 1 heterocycles. The number of hydrogen-bond acceptors (Lipinski definition) is 6. The van der Waals surface area contributed by atoms with Crippen LogP contribution in [0.1, 0.15) is 10.4 Å². The Morgan fingerprint density at radius 2 is 1.96 bits per heavy atom. The predicted octanol–water partition coefficient (Wildman–Crippen LogP) is 2.41. The van der Waals surface area contributed by atoms with Gasteiger partial charge in [0.2, 0.25) is 0 Å². The van der Waals surface area contributed by atoms with Crippen LogP contribution in [-0.4, -0.2) is 43.9 Å². The molecule has 0 aliphatic carbocycles. The summed E-state index contributed by atoms with van der Waals surface area (Å²) >= 11 is 0. The maximum Gasteiger partial charge on any atom is 0.338 e. The minimum atomic E-state index is -0.589. The monoisotopic (exact) mass is 354 g/mol. The Balaban J connectivity index is 1.72. The molecule has 0 unspecified atom stereocenters. The number of ether oxygens (including phenoxy) is 2. The fourth-order valence-corrected chi connectivity index (χ4v) is 2.42. The van der Waals surface area contributed by atoms with Crippen LogP contribution in [0.5, 0.6) is 0 Å². The number of carbonyl (C=O) groups is 2. The van der Waals surface area contributed by atoms with Crippen LogP contribution in [0.15, 0.2) is 53.1 Å². The highest BCUT2D eigenvalue weighted by Crippen LogP contribution is 2.29. The predicted molar refractivity (Wildman–Crippen MR) is 94.6 cm³/mol. The number of methoxy groups -OCH3 is 1. The minimum Gasteiger partial charge on any atom is -0.452 e. The molecule has 3 rings (SSSR count). The van der Waals surface area contributed by atoms with Crippen LogP contribution < -0.4 is 5.32 Å². The second-order valence-electron chi connectivity index (χ2n) is 5.53. The molecule has 0 saturated carbocycles. The molecule has 7 heteroatoms. The van der Waals surface area contributed by atoms with Crippen molar-refractivity contribution in [3.8, 4) is 11.3 Å². The second-order valence-corrected chi connectivity index (χ2v) is 5.53. The molecule has 0 atom stereocenters. The van der Waals surface area contributed by atoms with Gasteiger partial charge in [-0.25, -0.2) is 4.79 Å². The maximum atomic E-state index is 12.2. The highest BCUT2D eigenvalue weighted by Gasteiger charge is 2.15. The molecule has 0 aliphatic rings. The van der Waals surface area contributed by atoms with Gasteiger partial charge in [0.05, 0.1) is 17.6 Å². The minimum absolute atomic E-state index is 0.322. The molecule has 2 aromatic carbocycles. The molecule has 0 fully saturated rings. The quantitative estimate of drug-likeness (QED) is 0.518. The second kappa shape index (κ2) is 8.26. The first kappa shape index (κ1) is 17.6. The van der Waals surface area contributed by atoms with Gasteiger partial charge in [0.15, 0.2) is 12.4 Å². The Bertz CT molecular complexity index is 905. The summed E-state index contributed by atoms with van der Waals surface area (Å²) in [5, 5.41) is 7.29. The summed E-state index contributed by atoms with van der Waals surface area (Å²) in [6.45, 7) is 0.405. The lowest BCUT2D eigenvalue weighted by atomic mass is 10.1. The van der Waals surface area contributed by atoms with Gasteiger partial charge in [-0.1, -0.05) is 35.5 Å². The van der Waals surface area contributed by atoms with E-state index in [1.807, 2.05) is 30.3 Å². The van der Waals surface area contributed by atoms with E-state index in [-0.39, 0.29) is 12.5 Å². The molecule has 26 heavy (non-hydrogen) atoms. The summed E-state index contributed by atoms with van der Waals surface area (Å²) in [4.78, 5) is 23.8. The maximum absolute atomic E-state index is 12.2. The third kappa shape index (κ3) is 4.07. The van der Waals surface area contributed by atoms with E-state index in [4.69, 9.17) is 14.0 Å². The number of hydrogen-bond donors (Lipinski definition) is 1. The van der Waals surface area contributed by atoms with E-state index in [1.54, 1.807) is 18.2 Å². The van der Waals surface area contributed by atoms with Crippen molar-refractivity contribution >= 4 is 22.8 Å². The number of fused-ring (bicyclic) bond motifs is 1. The molecule has 134 valence electrons. The Morgan fingerprint density at radius 3 is 2.73 bits per heavy atom. The van der Waals surface area contributed by atoms with Gasteiger partial charge in [0, 0.05) is 19.2 Å². The average molecular weight is 354 g/mol. The van der Waals surface area contributed by atoms with Gasteiger partial charge in [0.25, 0.3) is 5.91 Å². The Kier molecular flexibility index (Phi) is 5.60. The van der Waals surface area contributed by atoms with E-state index < -0.39 is 5.97 Å².